The summed E-state index contributed by atoms with van der Waals surface area (Å²) in [6.07, 6.45) is 0.373. The van der Waals surface area contributed by atoms with Crippen LogP contribution < -0.4 is 0 Å². The molecule has 0 spiro atoms. The van der Waals surface area contributed by atoms with Gasteiger partial charge in [-0.05, 0) is 59.8 Å². The molecule has 1 heterocycles. The summed E-state index contributed by atoms with van der Waals surface area (Å²) < 4.78 is 16.5. The van der Waals surface area contributed by atoms with E-state index in [0.717, 1.165) is 19.3 Å². The molecule has 0 aromatic heterocycles. The van der Waals surface area contributed by atoms with Crippen LogP contribution in [0, 0.1) is 11.8 Å². The maximum absolute atomic E-state index is 12.0. The number of Topliss-reactive ketones (excluding diaryl/α,β-unsaturated/α-hetero) is 1. The van der Waals surface area contributed by atoms with Gasteiger partial charge in [0.25, 0.3) is 0 Å². The molecule has 4 unspecified atom stereocenters. The Bertz CT molecular complexity index is 469. The molecule has 1 N–H and O–H groups in total. The zero-order valence-corrected chi connectivity index (χ0v) is 15.3. The van der Waals surface area contributed by atoms with Crippen LogP contribution in [0.1, 0.15) is 60.3 Å². The van der Waals surface area contributed by atoms with Crippen LogP contribution in [0.3, 0.4) is 0 Å². The topological polar surface area (TPSA) is 82.1 Å². The van der Waals surface area contributed by atoms with Crippen molar-refractivity contribution in [2.45, 2.75) is 90.5 Å². The number of rotatable bonds is 6. The SMILES string of the molecule is C[C@H](CCC1CC1C(=O)OC(C)(C)C)OC1O[C@@H](C)C(O)CC1=O. The number of hydrogen-bond donors (Lipinski definition) is 1. The number of aliphatic hydroxyl groups is 1. The van der Waals surface area contributed by atoms with E-state index < -0.39 is 24.1 Å². The molecule has 1 aliphatic heterocycles. The van der Waals surface area contributed by atoms with Gasteiger partial charge in [0.15, 0.2) is 5.78 Å². The van der Waals surface area contributed by atoms with Crippen LogP contribution in [0.5, 0.6) is 0 Å². The van der Waals surface area contributed by atoms with E-state index in [1.807, 2.05) is 27.7 Å². The van der Waals surface area contributed by atoms with Crippen LogP contribution in [0.25, 0.3) is 0 Å². The molecule has 0 bridgehead atoms. The number of aliphatic hydroxyl groups excluding tert-OH is 1. The van der Waals surface area contributed by atoms with Gasteiger partial charge in [0, 0.05) is 6.42 Å². The van der Waals surface area contributed by atoms with Crippen LogP contribution >= 0.6 is 0 Å². The second-order valence-electron chi connectivity index (χ2n) is 8.07. The quantitative estimate of drug-likeness (QED) is 0.745. The van der Waals surface area contributed by atoms with Crippen molar-refractivity contribution in [3.63, 3.8) is 0 Å². The lowest BCUT2D eigenvalue weighted by Gasteiger charge is -2.32. The van der Waals surface area contributed by atoms with Crippen molar-refractivity contribution in [3.8, 4) is 0 Å². The third kappa shape index (κ3) is 5.53. The van der Waals surface area contributed by atoms with Crippen molar-refractivity contribution in [3.05, 3.63) is 0 Å². The van der Waals surface area contributed by atoms with E-state index in [1.54, 1.807) is 6.92 Å². The Hall–Kier alpha value is -0.980. The van der Waals surface area contributed by atoms with Crippen LogP contribution in [0.15, 0.2) is 0 Å². The summed E-state index contributed by atoms with van der Waals surface area (Å²) in [6, 6.07) is 0. The van der Waals surface area contributed by atoms with Crippen molar-refractivity contribution in [1.82, 2.24) is 0 Å². The van der Waals surface area contributed by atoms with E-state index in [1.165, 1.54) is 0 Å². The molecular weight excluding hydrogens is 312 g/mol. The Morgan fingerprint density at radius 3 is 2.71 bits per heavy atom. The standard InChI is InChI=1S/C18H30O6/c1-10(22-17-15(20)9-14(19)11(2)23-17)6-7-12-8-13(12)16(21)24-18(3,4)5/h10-14,17,19H,6-9H2,1-5H3/t10-,11+,12?,13?,14?,17?/m1/s1. The molecule has 1 aliphatic carbocycles. The van der Waals surface area contributed by atoms with Crippen molar-refractivity contribution >= 4 is 11.8 Å². The Balaban J connectivity index is 1.68. The molecule has 2 fully saturated rings. The maximum atomic E-state index is 12.0. The largest absolute Gasteiger partial charge is 0.460 e. The first-order valence-electron chi connectivity index (χ1n) is 8.81. The van der Waals surface area contributed by atoms with Crippen LogP contribution in [-0.2, 0) is 23.8 Å². The molecule has 6 atom stereocenters. The van der Waals surface area contributed by atoms with Gasteiger partial charge in [-0.25, -0.2) is 0 Å². The summed E-state index contributed by atoms with van der Waals surface area (Å²) in [7, 11) is 0. The average molecular weight is 342 g/mol. The maximum Gasteiger partial charge on any atom is 0.309 e. The fourth-order valence-corrected chi connectivity index (χ4v) is 2.90. The zero-order chi connectivity index (χ0) is 18.1. The van der Waals surface area contributed by atoms with Gasteiger partial charge >= 0.3 is 5.97 Å². The highest BCUT2D eigenvalue weighted by atomic mass is 16.7. The molecule has 0 amide bonds. The molecule has 2 rings (SSSR count). The number of hydrogen-bond acceptors (Lipinski definition) is 6. The monoisotopic (exact) mass is 342 g/mol. The Morgan fingerprint density at radius 2 is 2.08 bits per heavy atom. The third-order valence-electron chi connectivity index (χ3n) is 4.49. The van der Waals surface area contributed by atoms with Crippen molar-refractivity contribution < 1.29 is 28.9 Å². The highest BCUT2D eigenvalue weighted by Crippen LogP contribution is 2.44. The summed E-state index contributed by atoms with van der Waals surface area (Å²) in [5.74, 6) is 0.00829. The number of carbonyl (C=O) groups excluding carboxylic acids is 2. The molecule has 0 aromatic rings. The van der Waals surface area contributed by atoms with Gasteiger partial charge in [0.1, 0.15) is 5.60 Å². The molecule has 24 heavy (non-hydrogen) atoms. The Kier molecular flexibility index (Phi) is 6.04. The van der Waals surface area contributed by atoms with E-state index in [-0.39, 0.29) is 30.2 Å². The lowest BCUT2D eigenvalue weighted by Crippen LogP contribution is -2.45. The van der Waals surface area contributed by atoms with E-state index in [9.17, 15) is 14.7 Å². The smallest absolute Gasteiger partial charge is 0.309 e. The van der Waals surface area contributed by atoms with Gasteiger partial charge in [-0.15, -0.1) is 0 Å². The lowest BCUT2D eigenvalue weighted by molar-refractivity contribution is -0.223. The molecule has 0 aromatic carbocycles. The Morgan fingerprint density at radius 1 is 1.42 bits per heavy atom. The van der Waals surface area contributed by atoms with Gasteiger partial charge in [-0.2, -0.15) is 0 Å². The van der Waals surface area contributed by atoms with Gasteiger partial charge < -0.3 is 19.3 Å². The van der Waals surface area contributed by atoms with Crippen molar-refractivity contribution in [2.24, 2.45) is 11.8 Å². The first-order chi connectivity index (χ1) is 11.1. The van der Waals surface area contributed by atoms with Gasteiger partial charge in [-0.3, -0.25) is 9.59 Å². The predicted molar refractivity (Wildman–Crippen MR) is 87.2 cm³/mol. The number of ketones is 1. The van der Waals surface area contributed by atoms with Crippen LogP contribution in [0.4, 0.5) is 0 Å². The second-order valence-corrected chi connectivity index (χ2v) is 8.07. The van der Waals surface area contributed by atoms with Crippen LogP contribution in [0.2, 0.25) is 0 Å². The van der Waals surface area contributed by atoms with E-state index >= 15 is 0 Å². The zero-order valence-electron chi connectivity index (χ0n) is 15.3. The first-order valence-corrected chi connectivity index (χ1v) is 8.81. The second kappa shape index (κ2) is 7.50. The number of esters is 1. The fourth-order valence-electron chi connectivity index (χ4n) is 2.90. The van der Waals surface area contributed by atoms with Gasteiger partial charge in [0.2, 0.25) is 6.29 Å². The lowest BCUT2D eigenvalue weighted by atomic mass is 10.0. The van der Waals surface area contributed by atoms with Crippen LogP contribution in [-0.4, -0.2) is 47.1 Å². The fraction of sp³-hybridized carbons (Fsp3) is 0.889. The van der Waals surface area contributed by atoms with Gasteiger partial charge in [0.05, 0.1) is 24.2 Å². The number of ether oxygens (including phenoxy) is 3. The van der Waals surface area contributed by atoms with Gasteiger partial charge in [-0.1, -0.05) is 0 Å². The minimum absolute atomic E-state index is 0.000781. The summed E-state index contributed by atoms with van der Waals surface area (Å²) in [6.45, 7) is 9.25. The van der Waals surface area contributed by atoms with E-state index in [0.29, 0.717) is 5.92 Å². The van der Waals surface area contributed by atoms with E-state index in [2.05, 4.69) is 0 Å². The summed E-state index contributed by atoms with van der Waals surface area (Å²) in [5.41, 5.74) is -0.444. The molecule has 6 heteroatoms. The molecule has 0 radical (unpaired) electrons. The third-order valence-corrected chi connectivity index (χ3v) is 4.49. The van der Waals surface area contributed by atoms with E-state index in [4.69, 9.17) is 14.2 Å². The highest BCUT2D eigenvalue weighted by Gasteiger charge is 2.45. The summed E-state index contributed by atoms with van der Waals surface area (Å²) in [5, 5.41) is 9.60. The normalized spacial score (nSPS) is 34.8. The predicted octanol–water partition coefficient (Wildman–Crippen LogP) is 2.21. The molecular formula is C18H30O6. The summed E-state index contributed by atoms with van der Waals surface area (Å²) >= 11 is 0. The minimum Gasteiger partial charge on any atom is -0.460 e. The molecule has 1 saturated heterocycles. The molecule has 2 aliphatic rings. The highest BCUT2D eigenvalue weighted by molar-refractivity contribution is 5.83. The van der Waals surface area contributed by atoms with Crippen molar-refractivity contribution in [1.29, 1.82) is 0 Å². The minimum atomic E-state index is -0.890. The molecule has 6 nitrogen and oxygen atoms in total. The Labute approximate surface area is 143 Å². The number of carbonyl (C=O) groups is 2. The average Bonchev–Trinajstić information content (AvgIpc) is 3.20. The van der Waals surface area contributed by atoms with Crippen molar-refractivity contribution in [2.75, 3.05) is 0 Å². The molecule has 138 valence electrons. The summed E-state index contributed by atoms with van der Waals surface area (Å²) in [4.78, 5) is 23.8. The first kappa shape index (κ1) is 19.3. The molecule has 1 saturated carbocycles.